The number of nitrogens with zero attached hydrogens (tertiary/aromatic N) is 2. The predicted molar refractivity (Wildman–Crippen MR) is 74.2 cm³/mol. The van der Waals surface area contributed by atoms with Crippen molar-refractivity contribution < 1.29 is 14.7 Å². The molecule has 0 saturated carbocycles. The molecule has 1 aromatic rings. The van der Waals surface area contributed by atoms with Crippen molar-refractivity contribution in [1.29, 1.82) is 5.26 Å². The number of carboxylic acid groups (broad SMARTS) is 1. The van der Waals surface area contributed by atoms with E-state index in [9.17, 15) is 9.59 Å². The molecular weight excluding hydrogens is 258 g/mol. The van der Waals surface area contributed by atoms with E-state index >= 15 is 0 Å². The second-order valence-electron chi connectivity index (χ2n) is 4.40. The first kappa shape index (κ1) is 15.5. The molecular formula is C14H17N3O3. The number of nitriles is 1. The Morgan fingerprint density at radius 2 is 2.20 bits per heavy atom. The fourth-order valence-corrected chi connectivity index (χ4v) is 1.63. The number of carbonyl (C=O) groups excluding carboxylic acids is 1. The van der Waals surface area contributed by atoms with Crippen molar-refractivity contribution in [3.8, 4) is 6.07 Å². The van der Waals surface area contributed by atoms with E-state index in [-0.39, 0.29) is 12.6 Å². The topological polar surface area (TPSA) is 93.4 Å². The van der Waals surface area contributed by atoms with Crippen LogP contribution in [-0.4, -0.2) is 35.1 Å². The first-order chi connectivity index (χ1) is 9.47. The summed E-state index contributed by atoms with van der Waals surface area (Å²) in [6.45, 7) is 3.87. The Hall–Kier alpha value is -2.55. The van der Waals surface area contributed by atoms with Crippen LogP contribution in [0.3, 0.4) is 0 Å². The first-order valence-corrected chi connectivity index (χ1v) is 6.26. The van der Waals surface area contributed by atoms with Crippen LogP contribution in [-0.2, 0) is 4.79 Å². The van der Waals surface area contributed by atoms with Gasteiger partial charge >= 0.3 is 12.0 Å². The summed E-state index contributed by atoms with van der Waals surface area (Å²) in [6, 6.07) is 8.15. The highest BCUT2D eigenvalue weighted by Crippen LogP contribution is 2.11. The Bertz CT molecular complexity index is 537. The van der Waals surface area contributed by atoms with Crippen LogP contribution in [0.4, 0.5) is 10.5 Å². The molecule has 2 N–H and O–H groups in total. The van der Waals surface area contributed by atoms with Crippen molar-refractivity contribution >= 4 is 17.7 Å². The molecule has 0 heterocycles. The second-order valence-corrected chi connectivity index (χ2v) is 4.40. The summed E-state index contributed by atoms with van der Waals surface area (Å²) < 4.78 is 0. The third kappa shape index (κ3) is 4.28. The van der Waals surface area contributed by atoms with Gasteiger partial charge in [-0.1, -0.05) is 13.0 Å². The number of rotatable bonds is 5. The van der Waals surface area contributed by atoms with Gasteiger partial charge < -0.3 is 15.3 Å². The van der Waals surface area contributed by atoms with Gasteiger partial charge in [0.1, 0.15) is 0 Å². The first-order valence-electron chi connectivity index (χ1n) is 6.26. The van der Waals surface area contributed by atoms with Crippen LogP contribution in [0.15, 0.2) is 24.3 Å². The minimum Gasteiger partial charge on any atom is -0.481 e. The molecule has 0 radical (unpaired) electrons. The largest absolute Gasteiger partial charge is 0.481 e. The molecule has 1 aromatic carbocycles. The Balaban J connectivity index is 2.72. The highest BCUT2D eigenvalue weighted by atomic mass is 16.4. The molecule has 1 rings (SSSR count). The highest BCUT2D eigenvalue weighted by Gasteiger charge is 2.19. The number of benzene rings is 1. The number of amides is 2. The van der Waals surface area contributed by atoms with Gasteiger partial charge in [-0.3, -0.25) is 4.79 Å². The van der Waals surface area contributed by atoms with Gasteiger partial charge in [0.25, 0.3) is 0 Å². The average molecular weight is 275 g/mol. The van der Waals surface area contributed by atoms with Crippen molar-refractivity contribution in [1.82, 2.24) is 4.90 Å². The second kappa shape index (κ2) is 7.14. The van der Waals surface area contributed by atoms with Gasteiger partial charge in [-0.2, -0.15) is 5.26 Å². The monoisotopic (exact) mass is 275 g/mol. The van der Waals surface area contributed by atoms with E-state index in [0.29, 0.717) is 17.8 Å². The molecule has 0 fully saturated rings. The molecule has 6 nitrogen and oxygen atoms in total. The van der Waals surface area contributed by atoms with Crippen molar-refractivity contribution in [3.63, 3.8) is 0 Å². The summed E-state index contributed by atoms with van der Waals surface area (Å²) in [6.07, 6.45) is 0. The molecule has 0 saturated heterocycles. The van der Waals surface area contributed by atoms with Crippen molar-refractivity contribution in [2.75, 3.05) is 18.4 Å². The molecule has 0 spiro atoms. The van der Waals surface area contributed by atoms with E-state index in [1.807, 2.05) is 6.07 Å². The van der Waals surface area contributed by atoms with Gasteiger partial charge in [0.05, 0.1) is 17.6 Å². The molecule has 20 heavy (non-hydrogen) atoms. The lowest BCUT2D eigenvalue weighted by Gasteiger charge is -2.23. The average Bonchev–Trinajstić information content (AvgIpc) is 2.44. The quantitative estimate of drug-likeness (QED) is 0.860. The summed E-state index contributed by atoms with van der Waals surface area (Å²) in [5.41, 5.74) is 0.959. The molecule has 0 bridgehead atoms. The van der Waals surface area contributed by atoms with E-state index in [1.165, 1.54) is 4.90 Å². The van der Waals surface area contributed by atoms with Crippen molar-refractivity contribution in [3.05, 3.63) is 29.8 Å². The van der Waals surface area contributed by atoms with Crippen LogP contribution in [0.2, 0.25) is 0 Å². The zero-order chi connectivity index (χ0) is 15.1. The van der Waals surface area contributed by atoms with Gasteiger partial charge in [0, 0.05) is 18.8 Å². The molecule has 106 valence electrons. The van der Waals surface area contributed by atoms with Crippen LogP contribution in [0.5, 0.6) is 0 Å². The third-order valence-electron chi connectivity index (χ3n) is 2.83. The standard InChI is InChI=1S/C14H17N3O3/c1-3-17(9-10(2)13(18)19)14(20)16-12-6-4-5-11(7-12)8-15/h4-7,10H,3,9H2,1-2H3,(H,16,20)(H,18,19). The Kier molecular flexibility index (Phi) is 5.54. The normalized spacial score (nSPS) is 11.2. The van der Waals surface area contributed by atoms with E-state index in [4.69, 9.17) is 10.4 Å². The van der Waals surface area contributed by atoms with E-state index in [1.54, 1.807) is 38.1 Å². The van der Waals surface area contributed by atoms with Crippen LogP contribution in [0.1, 0.15) is 19.4 Å². The van der Waals surface area contributed by atoms with Crippen LogP contribution in [0, 0.1) is 17.2 Å². The number of hydrogen-bond donors (Lipinski definition) is 2. The SMILES string of the molecule is CCN(CC(C)C(=O)O)C(=O)Nc1cccc(C#N)c1. The van der Waals surface area contributed by atoms with Gasteiger partial charge in [-0.15, -0.1) is 0 Å². The minimum atomic E-state index is -0.942. The molecule has 0 aliphatic rings. The van der Waals surface area contributed by atoms with E-state index in [0.717, 1.165) is 0 Å². The molecule has 6 heteroatoms. The molecule has 0 aliphatic heterocycles. The smallest absolute Gasteiger partial charge is 0.321 e. The Morgan fingerprint density at radius 3 is 2.75 bits per heavy atom. The zero-order valence-electron chi connectivity index (χ0n) is 11.5. The zero-order valence-corrected chi connectivity index (χ0v) is 11.5. The molecule has 1 unspecified atom stereocenters. The van der Waals surface area contributed by atoms with Crippen molar-refractivity contribution in [2.45, 2.75) is 13.8 Å². The van der Waals surface area contributed by atoms with Crippen LogP contribution >= 0.6 is 0 Å². The molecule has 2 amide bonds. The third-order valence-corrected chi connectivity index (χ3v) is 2.83. The maximum absolute atomic E-state index is 12.0. The van der Waals surface area contributed by atoms with Crippen LogP contribution < -0.4 is 5.32 Å². The minimum absolute atomic E-state index is 0.135. The number of carboxylic acids is 1. The van der Waals surface area contributed by atoms with Crippen molar-refractivity contribution in [2.24, 2.45) is 5.92 Å². The number of carbonyl (C=O) groups is 2. The maximum Gasteiger partial charge on any atom is 0.321 e. The lowest BCUT2D eigenvalue weighted by molar-refractivity contribution is -0.141. The summed E-state index contributed by atoms with van der Waals surface area (Å²) >= 11 is 0. The fourth-order valence-electron chi connectivity index (χ4n) is 1.63. The van der Waals surface area contributed by atoms with Gasteiger partial charge in [0.15, 0.2) is 0 Å². The molecule has 1 atom stereocenters. The lowest BCUT2D eigenvalue weighted by atomic mass is 10.2. The highest BCUT2D eigenvalue weighted by molar-refractivity contribution is 5.89. The summed E-state index contributed by atoms with van der Waals surface area (Å²) in [5, 5.41) is 20.3. The van der Waals surface area contributed by atoms with E-state index in [2.05, 4.69) is 5.32 Å². The fraction of sp³-hybridized carbons (Fsp3) is 0.357. The number of hydrogen-bond acceptors (Lipinski definition) is 3. The Labute approximate surface area is 117 Å². The maximum atomic E-state index is 12.0. The van der Waals surface area contributed by atoms with E-state index < -0.39 is 11.9 Å². The Morgan fingerprint density at radius 1 is 1.50 bits per heavy atom. The number of nitrogens with one attached hydrogen (secondary N) is 1. The molecule has 0 aromatic heterocycles. The molecule has 0 aliphatic carbocycles. The summed E-state index contributed by atoms with van der Waals surface area (Å²) in [7, 11) is 0. The number of aliphatic carboxylic acids is 1. The predicted octanol–water partition coefficient (Wildman–Crippen LogP) is 2.13. The van der Waals surface area contributed by atoms with Gasteiger partial charge in [0.2, 0.25) is 0 Å². The summed E-state index contributed by atoms with van der Waals surface area (Å²) in [5.74, 6) is -1.58. The number of anilines is 1. The van der Waals surface area contributed by atoms with Gasteiger partial charge in [-0.25, -0.2) is 4.79 Å². The van der Waals surface area contributed by atoms with Crippen LogP contribution in [0.25, 0.3) is 0 Å². The lowest BCUT2D eigenvalue weighted by Crippen LogP contribution is -2.39. The summed E-state index contributed by atoms with van der Waals surface area (Å²) in [4.78, 5) is 24.3. The number of urea groups is 1. The van der Waals surface area contributed by atoms with Gasteiger partial charge in [-0.05, 0) is 25.1 Å².